The highest BCUT2D eigenvalue weighted by molar-refractivity contribution is 7.20. The minimum Gasteiger partial charge on any atom is -0.481 e. The number of carbonyl (C=O) groups is 2. The van der Waals surface area contributed by atoms with Crippen molar-refractivity contribution in [3.05, 3.63) is 16.6 Å². The minimum atomic E-state index is -0.839. The molecule has 0 unspecified atom stereocenters. The first-order chi connectivity index (χ1) is 9.40. The van der Waals surface area contributed by atoms with Crippen LogP contribution in [0.5, 0.6) is 0 Å². The number of aryl methyl sites for hydroxylation is 2. The van der Waals surface area contributed by atoms with Gasteiger partial charge in [-0.15, -0.1) is 11.3 Å². The highest BCUT2D eigenvalue weighted by Gasteiger charge is 2.18. The molecule has 108 valence electrons. The van der Waals surface area contributed by atoms with Crippen LogP contribution in [-0.2, 0) is 11.8 Å². The maximum Gasteiger partial charge on any atom is 0.303 e. The van der Waals surface area contributed by atoms with Crippen LogP contribution < -0.4 is 0 Å². The number of hydrogen-bond acceptors (Lipinski definition) is 4. The Bertz CT molecular complexity index is 625. The maximum absolute atomic E-state index is 12.3. The van der Waals surface area contributed by atoms with Crippen molar-refractivity contribution in [3.63, 3.8) is 0 Å². The second-order valence-electron chi connectivity index (χ2n) is 4.76. The molecule has 0 aromatic carbocycles. The smallest absolute Gasteiger partial charge is 0.303 e. The van der Waals surface area contributed by atoms with E-state index in [4.69, 9.17) is 5.11 Å². The third-order valence-electron chi connectivity index (χ3n) is 3.14. The van der Waals surface area contributed by atoms with E-state index < -0.39 is 5.97 Å². The first-order valence-corrected chi connectivity index (χ1v) is 7.12. The van der Waals surface area contributed by atoms with Crippen LogP contribution in [0.4, 0.5) is 0 Å². The molecule has 2 heterocycles. The Labute approximate surface area is 120 Å². The van der Waals surface area contributed by atoms with Gasteiger partial charge in [0.1, 0.15) is 4.83 Å². The predicted octanol–water partition coefficient (Wildman–Crippen LogP) is 1.88. The molecule has 0 fully saturated rings. The summed E-state index contributed by atoms with van der Waals surface area (Å²) in [5.41, 5.74) is 0.909. The van der Waals surface area contributed by atoms with Crippen LogP contribution in [0.15, 0.2) is 6.07 Å². The van der Waals surface area contributed by atoms with Crippen LogP contribution in [0.1, 0.15) is 28.2 Å². The number of aliphatic carboxylic acids is 1. The Kier molecular flexibility index (Phi) is 4.08. The van der Waals surface area contributed by atoms with Gasteiger partial charge in [-0.3, -0.25) is 14.3 Å². The molecule has 0 spiro atoms. The molecular weight excluding hydrogens is 278 g/mol. The number of amides is 1. The summed E-state index contributed by atoms with van der Waals surface area (Å²) < 4.78 is 1.77. The van der Waals surface area contributed by atoms with Crippen LogP contribution >= 0.6 is 11.3 Å². The molecule has 0 aliphatic heterocycles. The van der Waals surface area contributed by atoms with Crippen LogP contribution in [0.3, 0.4) is 0 Å². The van der Waals surface area contributed by atoms with E-state index in [1.54, 1.807) is 16.6 Å². The molecule has 7 heteroatoms. The van der Waals surface area contributed by atoms with Gasteiger partial charge in [0.25, 0.3) is 5.91 Å². The van der Waals surface area contributed by atoms with Crippen molar-refractivity contribution in [2.24, 2.45) is 7.05 Å². The van der Waals surface area contributed by atoms with Crippen LogP contribution in [0.2, 0.25) is 0 Å². The number of carboxylic acids is 1. The predicted molar refractivity (Wildman–Crippen MR) is 77.2 cm³/mol. The highest BCUT2D eigenvalue weighted by atomic mass is 32.1. The number of carboxylic acid groups (broad SMARTS) is 1. The molecule has 20 heavy (non-hydrogen) atoms. The quantitative estimate of drug-likeness (QED) is 0.914. The Morgan fingerprint density at radius 3 is 2.80 bits per heavy atom. The van der Waals surface area contributed by atoms with Crippen molar-refractivity contribution >= 4 is 33.4 Å². The van der Waals surface area contributed by atoms with Gasteiger partial charge in [-0.1, -0.05) is 0 Å². The number of rotatable bonds is 5. The topological polar surface area (TPSA) is 75.4 Å². The van der Waals surface area contributed by atoms with E-state index in [1.807, 2.05) is 20.0 Å². The zero-order chi connectivity index (χ0) is 14.9. The lowest BCUT2D eigenvalue weighted by Gasteiger charge is -2.15. The molecule has 0 saturated carbocycles. The third-order valence-corrected chi connectivity index (χ3v) is 4.33. The summed E-state index contributed by atoms with van der Waals surface area (Å²) in [6.45, 7) is 2.36. The molecule has 6 nitrogen and oxygen atoms in total. The van der Waals surface area contributed by atoms with E-state index in [0.717, 1.165) is 15.9 Å². The van der Waals surface area contributed by atoms with Crippen molar-refractivity contribution < 1.29 is 14.7 Å². The van der Waals surface area contributed by atoms with E-state index in [2.05, 4.69) is 5.10 Å². The lowest BCUT2D eigenvalue weighted by molar-refractivity contribution is -0.137. The molecule has 0 radical (unpaired) electrons. The van der Waals surface area contributed by atoms with E-state index >= 15 is 0 Å². The van der Waals surface area contributed by atoms with Crippen LogP contribution in [0, 0.1) is 6.92 Å². The van der Waals surface area contributed by atoms with Crippen molar-refractivity contribution in [1.29, 1.82) is 0 Å². The molecule has 0 atom stereocenters. The van der Waals surface area contributed by atoms with Gasteiger partial charge in [0.2, 0.25) is 0 Å². The van der Waals surface area contributed by atoms with Gasteiger partial charge in [0.05, 0.1) is 10.6 Å². The average Bonchev–Trinajstić information content (AvgIpc) is 2.91. The van der Waals surface area contributed by atoms with Crippen molar-refractivity contribution in [2.45, 2.75) is 19.8 Å². The summed E-state index contributed by atoms with van der Waals surface area (Å²) in [6, 6.07) is 1.86. The summed E-state index contributed by atoms with van der Waals surface area (Å²) in [6.07, 6.45) is 0.538. The number of thiophene rings is 1. The molecule has 1 amide bonds. The van der Waals surface area contributed by atoms with Crippen molar-refractivity contribution in [1.82, 2.24) is 14.7 Å². The van der Waals surface area contributed by atoms with Gasteiger partial charge >= 0.3 is 5.97 Å². The monoisotopic (exact) mass is 295 g/mol. The molecule has 1 N–H and O–H groups in total. The van der Waals surface area contributed by atoms with Crippen molar-refractivity contribution in [3.8, 4) is 0 Å². The number of aromatic nitrogens is 2. The molecular formula is C13H17N3O3S. The van der Waals surface area contributed by atoms with Gasteiger partial charge < -0.3 is 10.0 Å². The fraction of sp³-hybridized carbons (Fsp3) is 0.462. The molecule has 0 aliphatic rings. The molecule has 0 saturated heterocycles. The van der Waals surface area contributed by atoms with Crippen LogP contribution in [-0.4, -0.2) is 45.3 Å². The van der Waals surface area contributed by atoms with Gasteiger partial charge in [-0.2, -0.15) is 5.10 Å². The second kappa shape index (κ2) is 5.62. The minimum absolute atomic E-state index is 0.0732. The normalized spacial score (nSPS) is 10.9. The van der Waals surface area contributed by atoms with Gasteiger partial charge in [-0.25, -0.2) is 0 Å². The van der Waals surface area contributed by atoms with E-state index in [9.17, 15) is 9.59 Å². The van der Waals surface area contributed by atoms with Gasteiger partial charge in [0, 0.05) is 32.4 Å². The highest BCUT2D eigenvalue weighted by Crippen LogP contribution is 2.28. The Morgan fingerprint density at radius 2 is 2.20 bits per heavy atom. The summed E-state index contributed by atoms with van der Waals surface area (Å²) in [7, 11) is 3.55. The molecule has 2 aromatic heterocycles. The fourth-order valence-electron chi connectivity index (χ4n) is 2.07. The Morgan fingerprint density at radius 1 is 1.50 bits per heavy atom. The summed E-state index contributed by atoms with van der Waals surface area (Å²) in [5.74, 6) is -0.912. The lowest BCUT2D eigenvalue weighted by Crippen LogP contribution is -2.27. The van der Waals surface area contributed by atoms with E-state index in [0.29, 0.717) is 17.8 Å². The lowest BCUT2D eigenvalue weighted by atomic mass is 10.2. The Hall–Kier alpha value is -1.89. The second-order valence-corrected chi connectivity index (χ2v) is 5.79. The first-order valence-electron chi connectivity index (χ1n) is 6.30. The number of carbonyl (C=O) groups excluding carboxylic acids is 1. The fourth-order valence-corrected chi connectivity index (χ4v) is 3.19. The van der Waals surface area contributed by atoms with E-state index in [1.165, 1.54) is 11.3 Å². The standard InChI is InChI=1S/C13H17N3O3S/c1-8-9-7-10(20-13(9)16(3)14-8)12(19)15(2)6-4-5-11(17)18/h7H,4-6H2,1-3H3,(H,17,18). The molecule has 0 bridgehead atoms. The zero-order valence-corrected chi connectivity index (χ0v) is 12.5. The SMILES string of the molecule is Cc1nn(C)c2sc(C(=O)N(C)CCCC(=O)O)cc12. The number of hydrogen-bond donors (Lipinski definition) is 1. The first kappa shape index (κ1) is 14.5. The average molecular weight is 295 g/mol. The van der Waals surface area contributed by atoms with Crippen LogP contribution in [0.25, 0.3) is 10.2 Å². The molecule has 2 aromatic rings. The zero-order valence-electron chi connectivity index (χ0n) is 11.7. The molecule has 0 aliphatic carbocycles. The number of nitrogens with zero attached hydrogens (tertiary/aromatic N) is 3. The third kappa shape index (κ3) is 2.82. The van der Waals surface area contributed by atoms with E-state index in [-0.39, 0.29) is 12.3 Å². The van der Waals surface area contributed by atoms with Gasteiger partial charge in [-0.05, 0) is 19.4 Å². The Balaban J connectivity index is 2.10. The van der Waals surface area contributed by atoms with Crippen molar-refractivity contribution in [2.75, 3.05) is 13.6 Å². The summed E-state index contributed by atoms with van der Waals surface area (Å²) in [4.78, 5) is 25.9. The maximum atomic E-state index is 12.3. The van der Waals surface area contributed by atoms with Gasteiger partial charge in [0.15, 0.2) is 0 Å². The molecule has 2 rings (SSSR count). The number of fused-ring (bicyclic) bond motifs is 1. The summed E-state index contributed by atoms with van der Waals surface area (Å²) >= 11 is 1.41. The largest absolute Gasteiger partial charge is 0.481 e. The summed E-state index contributed by atoms with van der Waals surface area (Å²) in [5, 5.41) is 13.9.